The van der Waals surface area contributed by atoms with Gasteiger partial charge in [-0.15, -0.1) is 0 Å². The van der Waals surface area contributed by atoms with Crippen LogP contribution in [0.3, 0.4) is 0 Å². The number of likely N-dealkylation sites (tertiary alicyclic amines) is 1. The van der Waals surface area contributed by atoms with Crippen LogP contribution < -0.4 is 10.6 Å². The predicted octanol–water partition coefficient (Wildman–Crippen LogP) is 2.59. The molecule has 2 N–H and O–H groups in total. The lowest BCUT2D eigenvalue weighted by molar-refractivity contribution is -0.116. The summed E-state index contributed by atoms with van der Waals surface area (Å²) in [4.78, 5) is 27.2. The number of hydrogen-bond acceptors (Lipinski definition) is 4. The van der Waals surface area contributed by atoms with Gasteiger partial charge in [0.25, 0.3) is 5.91 Å². The van der Waals surface area contributed by atoms with Crippen LogP contribution in [0.1, 0.15) is 36.5 Å². The molecule has 2 saturated heterocycles. The highest BCUT2D eigenvalue weighted by molar-refractivity contribution is 7.99. The second-order valence-corrected chi connectivity index (χ2v) is 8.15. The molecule has 2 aliphatic rings. The number of thioether (sulfide) groups is 1. The van der Waals surface area contributed by atoms with Crippen LogP contribution in [0.5, 0.6) is 0 Å². The fourth-order valence-electron chi connectivity index (χ4n) is 3.34. The molecule has 25 heavy (non-hydrogen) atoms. The van der Waals surface area contributed by atoms with Crippen LogP contribution >= 0.6 is 11.8 Å². The molecule has 0 radical (unpaired) electrons. The van der Waals surface area contributed by atoms with Gasteiger partial charge in [-0.2, -0.15) is 11.8 Å². The maximum absolute atomic E-state index is 12.9. The Morgan fingerprint density at radius 1 is 1.28 bits per heavy atom. The molecule has 1 aromatic rings. The van der Waals surface area contributed by atoms with Crippen molar-refractivity contribution in [3.05, 3.63) is 29.8 Å². The van der Waals surface area contributed by atoms with Gasteiger partial charge in [-0.3, -0.25) is 9.59 Å². The molecule has 2 amide bonds. The number of amides is 2. The molecule has 5 nitrogen and oxygen atoms in total. The summed E-state index contributed by atoms with van der Waals surface area (Å²) >= 11 is 1.87. The van der Waals surface area contributed by atoms with Crippen LogP contribution in [-0.4, -0.2) is 53.9 Å². The number of nitrogens with one attached hydrogen (secondary N) is 2. The third-order valence-corrected chi connectivity index (χ3v) is 6.06. The highest BCUT2D eigenvalue weighted by Gasteiger charge is 2.24. The summed E-state index contributed by atoms with van der Waals surface area (Å²) in [5.41, 5.74) is 1.22. The van der Waals surface area contributed by atoms with E-state index in [1.54, 1.807) is 0 Å². The topological polar surface area (TPSA) is 61.4 Å². The molecule has 3 rings (SSSR count). The number of piperidine rings is 1. The highest BCUT2D eigenvalue weighted by atomic mass is 32.2. The summed E-state index contributed by atoms with van der Waals surface area (Å²) in [7, 11) is 0. The molecule has 0 saturated carbocycles. The number of carbonyl (C=O) groups is 2. The Bertz CT molecular complexity index is 608. The summed E-state index contributed by atoms with van der Waals surface area (Å²) in [5, 5.41) is 6.32. The second-order valence-electron chi connectivity index (χ2n) is 7.00. The first-order valence-electron chi connectivity index (χ1n) is 9.13. The van der Waals surface area contributed by atoms with E-state index in [9.17, 15) is 9.59 Å². The Morgan fingerprint density at radius 3 is 2.76 bits per heavy atom. The summed E-state index contributed by atoms with van der Waals surface area (Å²) in [6, 6.07) is 7.56. The molecule has 0 spiro atoms. The van der Waals surface area contributed by atoms with Crippen LogP contribution in [0.25, 0.3) is 0 Å². The standard InChI is InChI=1S/C19H27N3O2S/c1-14-6-9-22(10-7-14)19(24)16-4-2-3-5-17(16)21-18(23)12-15-13-25-11-8-20-15/h2-5,14-15,20H,6-13H2,1H3,(H,21,23). The van der Waals surface area contributed by atoms with Crippen molar-refractivity contribution >= 4 is 29.3 Å². The van der Waals surface area contributed by atoms with Crippen LogP contribution in [0.15, 0.2) is 24.3 Å². The van der Waals surface area contributed by atoms with Gasteiger partial charge in [0.05, 0.1) is 11.3 Å². The van der Waals surface area contributed by atoms with Gasteiger partial charge in [-0.1, -0.05) is 19.1 Å². The molecule has 1 aromatic carbocycles. The molecular weight excluding hydrogens is 334 g/mol. The van der Waals surface area contributed by atoms with Gasteiger partial charge in [0.15, 0.2) is 0 Å². The average molecular weight is 362 g/mol. The molecule has 6 heteroatoms. The minimum atomic E-state index is -0.0347. The van der Waals surface area contributed by atoms with Crippen LogP contribution in [0, 0.1) is 5.92 Å². The maximum atomic E-state index is 12.9. The zero-order chi connectivity index (χ0) is 17.6. The first-order chi connectivity index (χ1) is 12.1. The molecule has 0 aromatic heterocycles. The Balaban J connectivity index is 1.63. The molecule has 136 valence electrons. The molecule has 2 aliphatic heterocycles. The van der Waals surface area contributed by atoms with Gasteiger partial charge >= 0.3 is 0 Å². The predicted molar refractivity (Wildman–Crippen MR) is 103 cm³/mol. The van der Waals surface area contributed by atoms with Crippen molar-refractivity contribution in [3.63, 3.8) is 0 Å². The molecular formula is C19H27N3O2S. The largest absolute Gasteiger partial charge is 0.339 e. The number of para-hydroxylation sites is 1. The quantitative estimate of drug-likeness (QED) is 0.865. The van der Waals surface area contributed by atoms with Crippen molar-refractivity contribution in [3.8, 4) is 0 Å². The van der Waals surface area contributed by atoms with Gasteiger partial charge in [0.2, 0.25) is 5.91 Å². The van der Waals surface area contributed by atoms with E-state index < -0.39 is 0 Å². The normalized spacial score (nSPS) is 21.8. The van der Waals surface area contributed by atoms with E-state index in [0.29, 0.717) is 23.6 Å². The molecule has 0 bridgehead atoms. The average Bonchev–Trinajstić information content (AvgIpc) is 2.63. The van der Waals surface area contributed by atoms with Crippen LogP contribution in [0.2, 0.25) is 0 Å². The van der Waals surface area contributed by atoms with E-state index in [1.165, 1.54) is 0 Å². The lowest BCUT2D eigenvalue weighted by Crippen LogP contribution is -2.40. The summed E-state index contributed by atoms with van der Waals surface area (Å²) in [5.74, 6) is 2.73. The molecule has 2 fully saturated rings. The fourth-order valence-corrected chi connectivity index (χ4v) is 4.29. The highest BCUT2D eigenvalue weighted by Crippen LogP contribution is 2.22. The van der Waals surface area contributed by atoms with Crippen molar-refractivity contribution in [2.75, 3.05) is 36.5 Å². The lowest BCUT2D eigenvalue weighted by atomic mass is 9.98. The number of anilines is 1. The maximum Gasteiger partial charge on any atom is 0.255 e. The number of hydrogen-bond donors (Lipinski definition) is 2. The Labute approximate surface area is 153 Å². The molecule has 0 aliphatic carbocycles. The monoisotopic (exact) mass is 361 g/mol. The fraction of sp³-hybridized carbons (Fsp3) is 0.579. The van der Waals surface area contributed by atoms with Crippen LogP contribution in [-0.2, 0) is 4.79 Å². The van der Waals surface area contributed by atoms with E-state index in [2.05, 4.69) is 17.6 Å². The van der Waals surface area contributed by atoms with Crippen molar-refractivity contribution in [1.82, 2.24) is 10.2 Å². The Hall–Kier alpha value is -1.53. The summed E-state index contributed by atoms with van der Waals surface area (Å²) < 4.78 is 0. The Morgan fingerprint density at radius 2 is 2.04 bits per heavy atom. The van der Waals surface area contributed by atoms with E-state index >= 15 is 0 Å². The van der Waals surface area contributed by atoms with Crippen molar-refractivity contribution in [2.45, 2.75) is 32.2 Å². The smallest absolute Gasteiger partial charge is 0.255 e. The molecule has 1 atom stereocenters. The minimum absolute atomic E-state index is 0.0224. The van der Waals surface area contributed by atoms with Gasteiger partial charge < -0.3 is 15.5 Å². The van der Waals surface area contributed by atoms with E-state index in [-0.39, 0.29) is 17.9 Å². The molecule has 2 heterocycles. The second kappa shape index (κ2) is 8.72. The van der Waals surface area contributed by atoms with E-state index in [0.717, 1.165) is 44.0 Å². The summed E-state index contributed by atoms with van der Waals surface area (Å²) in [6.45, 7) is 4.77. The van der Waals surface area contributed by atoms with Gasteiger partial charge in [0.1, 0.15) is 0 Å². The van der Waals surface area contributed by atoms with Crippen molar-refractivity contribution in [2.24, 2.45) is 5.92 Å². The van der Waals surface area contributed by atoms with E-state index in [1.807, 2.05) is 40.9 Å². The number of benzene rings is 1. The van der Waals surface area contributed by atoms with Gasteiger partial charge in [0, 0.05) is 43.6 Å². The van der Waals surface area contributed by atoms with Crippen molar-refractivity contribution in [1.29, 1.82) is 0 Å². The summed E-state index contributed by atoms with van der Waals surface area (Å²) in [6.07, 6.45) is 2.54. The first-order valence-corrected chi connectivity index (χ1v) is 10.3. The first kappa shape index (κ1) is 18.3. The SMILES string of the molecule is CC1CCN(C(=O)c2ccccc2NC(=O)CC2CSCCN2)CC1. The third kappa shape index (κ3) is 4.98. The zero-order valence-electron chi connectivity index (χ0n) is 14.8. The molecule has 1 unspecified atom stereocenters. The zero-order valence-corrected chi connectivity index (χ0v) is 15.6. The van der Waals surface area contributed by atoms with Gasteiger partial charge in [-0.25, -0.2) is 0 Å². The Kier molecular flexibility index (Phi) is 6.37. The lowest BCUT2D eigenvalue weighted by Gasteiger charge is -2.31. The minimum Gasteiger partial charge on any atom is -0.339 e. The number of carbonyl (C=O) groups excluding carboxylic acids is 2. The number of nitrogens with zero attached hydrogens (tertiary/aromatic N) is 1. The van der Waals surface area contributed by atoms with E-state index in [4.69, 9.17) is 0 Å². The number of rotatable bonds is 4. The third-order valence-electron chi connectivity index (χ3n) is 4.93. The van der Waals surface area contributed by atoms with Crippen LogP contribution in [0.4, 0.5) is 5.69 Å². The van der Waals surface area contributed by atoms with Crippen molar-refractivity contribution < 1.29 is 9.59 Å². The van der Waals surface area contributed by atoms with Gasteiger partial charge in [-0.05, 0) is 30.9 Å².